The van der Waals surface area contributed by atoms with Gasteiger partial charge in [0.15, 0.2) is 0 Å². The van der Waals surface area contributed by atoms with Gasteiger partial charge in [0, 0.05) is 19.1 Å². The molecule has 2 N–H and O–H groups in total. The van der Waals surface area contributed by atoms with E-state index in [1.54, 1.807) is 0 Å². The summed E-state index contributed by atoms with van der Waals surface area (Å²) < 4.78 is 0. The highest BCUT2D eigenvalue weighted by Crippen LogP contribution is 2.16. The van der Waals surface area contributed by atoms with E-state index in [1.807, 2.05) is 0 Å². The second-order valence-electron chi connectivity index (χ2n) is 5.87. The second-order valence-corrected chi connectivity index (χ2v) is 5.87. The molecule has 0 radical (unpaired) electrons. The van der Waals surface area contributed by atoms with E-state index in [0.29, 0.717) is 6.04 Å². The first-order valence-corrected chi connectivity index (χ1v) is 7.24. The quantitative estimate of drug-likeness (QED) is 0.737. The van der Waals surface area contributed by atoms with Gasteiger partial charge in [-0.3, -0.25) is 0 Å². The number of hydrogen-bond acceptors (Lipinski definition) is 3. The molecule has 0 aliphatic carbocycles. The standard InChI is InChI=1S/C14H31N3/c1-4-5-6-14(15)12-17(3)11-13-7-9-16(2)10-8-13/h13-14H,4-12,15H2,1-3H3/t14-/m0/s1. The first kappa shape index (κ1) is 14.9. The smallest absolute Gasteiger partial charge is 0.0167 e. The average molecular weight is 241 g/mol. The number of likely N-dealkylation sites (N-methyl/N-ethyl adjacent to an activating group) is 1. The summed E-state index contributed by atoms with van der Waals surface area (Å²) in [5.41, 5.74) is 6.14. The number of piperidine rings is 1. The highest BCUT2D eigenvalue weighted by Gasteiger charge is 2.18. The summed E-state index contributed by atoms with van der Waals surface area (Å²) in [4.78, 5) is 4.87. The Morgan fingerprint density at radius 3 is 2.59 bits per heavy atom. The van der Waals surface area contributed by atoms with E-state index in [1.165, 1.54) is 51.7 Å². The van der Waals surface area contributed by atoms with Crippen LogP contribution in [0.25, 0.3) is 0 Å². The van der Waals surface area contributed by atoms with E-state index >= 15 is 0 Å². The minimum atomic E-state index is 0.367. The molecule has 3 heteroatoms. The van der Waals surface area contributed by atoms with E-state index in [-0.39, 0.29) is 0 Å². The zero-order chi connectivity index (χ0) is 12.7. The Hall–Kier alpha value is -0.120. The van der Waals surface area contributed by atoms with Gasteiger partial charge in [0.1, 0.15) is 0 Å². The molecule has 1 aliphatic heterocycles. The van der Waals surface area contributed by atoms with E-state index in [2.05, 4.69) is 30.8 Å². The van der Waals surface area contributed by atoms with Crippen LogP contribution in [0.5, 0.6) is 0 Å². The van der Waals surface area contributed by atoms with Gasteiger partial charge in [-0.1, -0.05) is 19.8 Å². The summed E-state index contributed by atoms with van der Waals surface area (Å²) in [6, 6.07) is 0.367. The van der Waals surface area contributed by atoms with Crippen LogP contribution in [-0.4, -0.2) is 56.1 Å². The molecule has 0 amide bonds. The molecule has 17 heavy (non-hydrogen) atoms. The Morgan fingerprint density at radius 1 is 1.35 bits per heavy atom. The molecular formula is C14H31N3. The van der Waals surface area contributed by atoms with Crippen LogP contribution in [0.2, 0.25) is 0 Å². The highest BCUT2D eigenvalue weighted by molar-refractivity contribution is 4.74. The van der Waals surface area contributed by atoms with Gasteiger partial charge in [-0.25, -0.2) is 0 Å². The fourth-order valence-corrected chi connectivity index (χ4v) is 2.72. The van der Waals surface area contributed by atoms with Crippen LogP contribution in [0.3, 0.4) is 0 Å². The summed E-state index contributed by atoms with van der Waals surface area (Å²) in [5, 5.41) is 0. The predicted molar refractivity (Wildman–Crippen MR) is 75.2 cm³/mol. The van der Waals surface area contributed by atoms with Crippen molar-refractivity contribution < 1.29 is 0 Å². The van der Waals surface area contributed by atoms with Crippen molar-refractivity contribution in [3.63, 3.8) is 0 Å². The summed E-state index contributed by atoms with van der Waals surface area (Å²) in [6.45, 7) is 7.05. The minimum absolute atomic E-state index is 0.367. The van der Waals surface area contributed by atoms with Crippen LogP contribution in [0.4, 0.5) is 0 Å². The molecular weight excluding hydrogens is 210 g/mol. The average Bonchev–Trinajstić information content (AvgIpc) is 2.29. The summed E-state index contributed by atoms with van der Waals surface area (Å²) in [7, 11) is 4.45. The number of likely N-dealkylation sites (tertiary alicyclic amines) is 1. The lowest BCUT2D eigenvalue weighted by atomic mass is 9.96. The maximum absolute atomic E-state index is 6.14. The Labute approximate surface area is 107 Å². The Balaban J connectivity index is 2.13. The molecule has 1 heterocycles. The van der Waals surface area contributed by atoms with Crippen molar-refractivity contribution in [3.8, 4) is 0 Å². The van der Waals surface area contributed by atoms with Crippen molar-refractivity contribution in [1.29, 1.82) is 0 Å². The molecule has 1 atom stereocenters. The van der Waals surface area contributed by atoms with Gasteiger partial charge in [-0.05, 0) is 52.4 Å². The molecule has 0 unspecified atom stereocenters. The number of unbranched alkanes of at least 4 members (excludes halogenated alkanes) is 1. The van der Waals surface area contributed by atoms with E-state index in [9.17, 15) is 0 Å². The third-order valence-corrected chi connectivity index (χ3v) is 3.88. The van der Waals surface area contributed by atoms with Crippen molar-refractivity contribution in [2.24, 2.45) is 11.7 Å². The molecule has 0 spiro atoms. The maximum atomic E-state index is 6.14. The fraction of sp³-hybridized carbons (Fsp3) is 1.00. The molecule has 0 aromatic rings. The first-order chi connectivity index (χ1) is 8.11. The monoisotopic (exact) mass is 241 g/mol. The summed E-state index contributed by atoms with van der Waals surface area (Å²) in [5.74, 6) is 0.884. The van der Waals surface area contributed by atoms with Crippen molar-refractivity contribution in [2.45, 2.75) is 45.1 Å². The fourth-order valence-electron chi connectivity index (χ4n) is 2.72. The molecule has 0 aromatic heterocycles. The number of rotatable bonds is 7. The lowest BCUT2D eigenvalue weighted by Crippen LogP contribution is -2.40. The Morgan fingerprint density at radius 2 is 2.00 bits per heavy atom. The van der Waals surface area contributed by atoms with E-state index < -0.39 is 0 Å². The molecule has 1 fully saturated rings. The van der Waals surface area contributed by atoms with Gasteiger partial charge in [0.05, 0.1) is 0 Å². The lowest BCUT2D eigenvalue weighted by Gasteiger charge is -2.32. The second kappa shape index (κ2) is 8.06. The van der Waals surface area contributed by atoms with E-state index in [4.69, 9.17) is 5.73 Å². The zero-order valence-corrected chi connectivity index (χ0v) is 12.0. The van der Waals surface area contributed by atoms with Gasteiger partial charge in [-0.2, -0.15) is 0 Å². The topological polar surface area (TPSA) is 32.5 Å². The SMILES string of the molecule is CCCC[C@H](N)CN(C)CC1CCN(C)CC1. The normalized spacial score (nSPS) is 21.0. The van der Waals surface area contributed by atoms with Gasteiger partial charge in [-0.15, -0.1) is 0 Å². The molecule has 1 aliphatic rings. The number of hydrogen-bond donors (Lipinski definition) is 1. The summed E-state index contributed by atoms with van der Waals surface area (Å²) >= 11 is 0. The first-order valence-electron chi connectivity index (χ1n) is 7.24. The predicted octanol–water partition coefficient (Wildman–Crippen LogP) is 1.78. The zero-order valence-electron chi connectivity index (χ0n) is 12.0. The molecule has 0 bridgehead atoms. The summed E-state index contributed by atoms with van der Waals surface area (Å²) in [6.07, 6.45) is 6.40. The largest absolute Gasteiger partial charge is 0.327 e. The number of nitrogens with two attached hydrogens (primary N) is 1. The molecule has 1 saturated heterocycles. The highest BCUT2D eigenvalue weighted by atomic mass is 15.1. The molecule has 102 valence electrons. The van der Waals surface area contributed by atoms with Crippen molar-refractivity contribution in [1.82, 2.24) is 9.80 Å². The van der Waals surface area contributed by atoms with Crippen molar-refractivity contribution >= 4 is 0 Å². The van der Waals surface area contributed by atoms with Crippen LogP contribution in [-0.2, 0) is 0 Å². The lowest BCUT2D eigenvalue weighted by molar-refractivity contribution is 0.171. The van der Waals surface area contributed by atoms with Crippen molar-refractivity contribution in [2.75, 3.05) is 40.3 Å². The Kier molecular flexibility index (Phi) is 7.09. The van der Waals surface area contributed by atoms with Crippen LogP contribution in [0, 0.1) is 5.92 Å². The van der Waals surface area contributed by atoms with Gasteiger partial charge < -0.3 is 15.5 Å². The van der Waals surface area contributed by atoms with Crippen LogP contribution in [0.1, 0.15) is 39.0 Å². The Bertz CT molecular complexity index is 188. The molecule has 3 nitrogen and oxygen atoms in total. The van der Waals surface area contributed by atoms with Crippen molar-refractivity contribution in [3.05, 3.63) is 0 Å². The number of nitrogens with zero attached hydrogens (tertiary/aromatic N) is 2. The van der Waals surface area contributed by atoms with Crippen LogP contribution >= 0.6 is 0 Å². The third-order valence-electron chi connectivity index (χ3n) is 3.88. The maximum Gasteiger partial charge on any atom is 0.0167 e. The molecule has 0 aromatic carbocycles. The van der Waals surface area contributed by atoms with Crippen LogP contribution in [0.15, 0.2) is 0 Å². The third kappa shape index (κ3) is 6.39. The van der Waals surface area contributed by atoms with Gasteiger partial charge in [0.2, 0.25) is 0 Å². The molecule has 0 saturated carbocycles. The minimum Gasteiger partial charge on any atom is -0.327 e. The van der Waals surface area contributed by atoms with E-state index in [0.717, 1.165) is 12.5 Å². The van der Waals surface area contributed by atoms with Gasteiger partial charge in [0.25, 0.3) is 0 Å². The van der Waals surface area contributed by atoms with Gasteiger partial charge >= 0.3 is 0 Å². The molecule has 1 rings (SSSR count). The van der Waals surface area contributed by atoms with Crippen LogP contribution < -0.4 is 5.73 Å².